The van der Waals surface area contributed by atoms with Gasteiger partial charge in [0.25, 0.3) is 0 Å². The van der Waals surface area contributed by atoms with Gasteiger partial charge in [0, 0.05) is 183 Å². The Labute approximate surface area is 914 Å². The molecule has 10 rings (SSSR count). The van der Waals surface area contributed by atoms with E-state index in [0.717, 1.165) is 111 Å². The van der Waals surface area contributed by atoms with Gasteiger partial charge < -0.3 is 28.4 Å². The molecule has 0 saturated carbocycles. The van der Waals surface area contributed by atoms with Crippen molar-refractivity contribution in [3.63, 3.8) is 0 Å². The lowest BCUT2D eigenvalue weighted by Crippen LogP contribution is -1.95. The van der Waals surface area contributed by atoms with Crippen LogP contribution in [0.2, 0.25) is 0 Å². The first kappa shape index (κ1) is 117. The summed E-state index contributed by atoms with van der Waals surface area (Å²) in [4.78, 5) is 0. The fourth-order valence-electron chi connectivity index (χ4n) is 11.6. The zero-order valence-corrected chi connectivity index (χ0v) is 84.4. The van der Waals surface area contributed by atoms with E-state index in [1.165, 1.54) is 0 Å². The summed E-state index contributed by atoms with van der Waals surface area (Å²) >= 11 is 60.4. The molecule has 10 nitrogen and oxygen atoms in total. The van der Waals surface area contributed by atoms with Crippen molar-refractivity contribution >= 4 is 116 Å². The average Bonchev–Trinajstić information content (AvgIpc) is 0.799. The van der Waals surface area contributed by atoms with E-state index in [9.17, 15) is 21.0 Å². The fourth-order valence-corrected chi connectivity index (χ4v) is 13.8. The zero-order chi connectivity index (χ0) is 107. The standard InChI is InChI=1S/C28H12Cl2O2.4C25H11Cl2NO/c1-3-5-7-8-9-10-11-12-17-31-26-15-13-14-23(18-26)27-19-25(22-30)28(20-24(27)21-29)32-16-6-4-2;1-2-3-4-5-6-7-8-9-14-29-23-12-10-21(11-13-23)24-16-20(17-26)15-22(19-28)25(24)18-27;1-2-3-4-5-6-7-8-9-14-29-24-12-10-20(11-13-24)25-16-21(17-26)23(19-28)15-22(25)18-27;1-2-3-4-5-6-7-8-9-13-29-23-12-10-11-21(16-23)24-15-20(17-26)14-22(19-28)25(24)18-27;1-2-3-4-5-6-7-8-9-13-29-24-12-10-11-20(15-24)25-16-21(17-26)23(19-28)14-22(25)18-27/h1-2,13-15,18-20H,21-22H2;2*1,10-13,15-16H,17-18H2;2*1,10-12,14-16H,17-18H2. The van der Waals surface area contributed by atoms with Gasteiger partial charge in [-0.3, -0.25) is 0 Å². The molecule has 10 aromatic carbocycles. The predicted octanol–water partition coefficient (Wildman–Crippen LogP) is 23.5. The number of nitrogens with zero attached hydrogens (tertiary/aromatic N) is 4. The fraction of sp³-hybridized carbons (Fsp3) is 0.0781. The Balaban J connectivity index is 0.000000283. The number of terminal acetylenes is 6. The van der Waals surface area contributed by atoms with Crippen LogP contribution >= 0.6 is 116 Å². The Morgan fingerprint density at radius 3 is 0.723 bits per heavy atom. The lowest BCUT2D eigenvalue weighted by molar-refractivity contribution is 0.514. The number of halogens is 10. The van der Waals surface area contributed by atoms with Crippen molar-refractivity contribution in [1.29, 1.82) is 21.0 Å². The second kappa shape index (κ2) is 71.4. The minimum Gasteiger partial charge on any atom is -0.407 e. The van der Waals surface area contributed by atoms with Crippen molar-refractivity contribution in [2.75, 3.05) is 0 Å². The van der Waals surface area contributed by atoms with Crippen LogP contribution in [0, 0.1) is 369 Å². The molecule has 0 bridgehead atoms. The minimum atomic E-state index is 0.202. The molecule has 0 amide bonds. The Kier molecular flexibility index (Phi) is 56.3. The Morgan fingerprint density at radius 2 is 0.439 bits per heavy atom. The molecule has 0 radical (unpaired) electrons. The van der Waals surface area contributed by atoms with E-state index in [-0.39, 0.29) is 47.0 Å². The molecule has 148 heavy (non-hydrogen) atoms. The second-order valence-corrected chi connectivity index (χ2v) is 29.5. The van der Waals surface area contributed by atoms with E-state index in [4.69, 9.17) is 183 Å². The highest BCUT2D eigenvalue weighted by molar-refractivity contribution is 6.21. The molecule has 0 aliphatic carbocycles. The third kappa shape index (κ3) is 41.4. The molecular formula is C128H56Cl10N4O6. The first-order valence-electron chi connectivity index (χ1n) is 41.4. The molecule has 0 N–H and O–H groups in total. The normalized spacial score (nSPS) is 8.08. The first-order chi connectivity index (χ1) is 72.6. The molecule has 0 heterocycles. The average molecular weight is 2100 g/mol. The summed E-state index contributed by atoms with van der Waals surface area (Å²) in [5.74, 6) is 108. The molecule has 0 atom stereocenters. The van der Waals surface area contributed by atoms with Crippen LogP contribution in [0.3, 0.4) is 0 Å². The van der Waals surface area contributed by atoms with Gasteiger partial charge in [-0.1, -0.05) is 60.7 Å². The summed E-state index contributed by atoms with van der Waals surface area (Å²) in [5, 5.41) is 37.3. The van der Waals surface area contributed by atoms with Crippen LogP contribution in [-0.4, -0.2) is 0 Å². The number of hydrogen-bond donors (Lipinski definition) is 0. The summed E-state index contributed by atoms with van der Waals surface area (Å²) in [7, 11) is 0. The maximum Gasteiger partial charge on any atom is 0.145 e. The summed E-state index contributed by atoms with van der Waals surface area (Å²) in [6.45, 7) is 0. The number of nitriles is 4. The van der Waals surface area contributed by atoms with Gasteiger partial charge in [0.1, 0.15) is 71.1 Å². The SMILES string of the molecule is C#CC#CC#CC#CC#COc1ccc(-c2cc(CCl)c(C#N)cc2CCl)cc1.C#CC#CC#CC#CC#COc1ccc(-c2cc(CCl)cc(C#N)c2CCl)cc1.C#CC#CC#CC#CC#COc1cccc(-c2cc(CCl)c(C#N)cc2CCl)c1.C#CC#CC#CC#CC#COc1cccc(-c2cc(CCl)c(OC#CC#C)cc2CCl)c1.C#CC#CC#CC#CC#COc1cccc(-c2cc(CCl)cc(C#N)c2CCl)c1. The second-order valence-electron chi connectivity index (χ2n) is 26.8. The molecule has 20 heteroatoms. The van der Waals surface area contributed by atoms with Gasteiger partial charge in [0.2, 0.25) is 0 Å². The maximum atomic E-state index is 9.41. The number of rotatable bonds is 21. The number of hydrogen-bond acceptors (Lipinski definition) is 10. The molecular weight excluding hydrogens is 2040 g/mol. The van der Waals surface area contributed by atoms with Crippen LogP contribution in [0.1, 0.15) is 77.9 Å². The summed E-state index contributed by atoms with van der Waals surface area (Å²) in [5.41, 5.74) is 18.8. The molecule has 0 aliphatic rings. The lowest BCUT2D eigenvalue weighted by Gasteiger charge is -2.13. The third-order valence-electron chi connectivity index (χ3n) is 17.9. The summed E-state index contributed by atoms with van der Waals surface area (Å²) < 4.78 is 32.3. The van der Waals surface area contributed by atoms with Crippen molar-refractivity contribution in [2.45, 2.75) is 58.8 Å². The van der Waals surface area contributed by atoms with Gasteiger partial charge in [-0.2, -0.15) is 21.0 Å². The van der Waals surface area contributed by atoms with Gasteiger partial charge in [-0.05, 0) is 351 Å². The van der Waals surface area contributed by atoms with Gasteiger partial charge in [-0.15, -0.1) is 155 Å². The van der Waals surface area contributed by atoms with Crippen LogP contribution in [0.15, 0.2) is 182 Å². The molecule has 0 fully saturated rings. The van der Waals surface area contributed by atoms with Crippen molar-refractivity contribution in [1.82, 2.24) is 0 Å². The van der Waals surface area contributed by atoms with Crippen LogP contribution in [-0.2, 0) is 58.8 Å². The molecule has 0 saturated heterocycles. The van der Waals surface area contributed by atoms with E-state index in [1.807, 2.05) is 109 Å². The van der Waals surface area contributed by atoms with E-state index < -0.39 is 0 Å². The molecule has 0 aromatic heterocycles. The highest BCUT2D eigenvalue weighted by Gasteiger charge is 2.19. The Bertz CT molecular complexity index is 8730. The molecule has 0 aliphatic heterocycles. The molecule has 0 spiro atoms. The number of benzene rings is 10. The summed E-state index contributed by atoms with van der Waals surface area (Å²) in [6.07, 6.45) is 44.9. The van der Waals surface area contributed by atoms with E-state index >= 15 is 0 Å². The zero-order valence-electron chi connectivity index (χ0n) is 76.9. The van der Waals surface area contributed by atoms with E-state index in [1.54, 1.807) is 72.8 Å². The predicted molar refractivity (Wildman–Crippen MR) is 594 cm³/mol. The van der Waals surface area contributed by atoms with E-state index in [2.05, 4.69) is 310 Å². The molecule has 0 unspecified atom stereocenters. The van der Waals surface area contributed by atoms with Crippen molar-refractivity contribution in [3.05, 3.63) is 260 Å². The number of alkyl halides is 10. The van der Waals surface area contributed by atoms with Crippen molar-refractivity contribution in [3.8, 4) is 438 Å². The summed E-state index contributed by atoms with van der Waals surface area (Å²) in [6, 6.07) is 63.6. The molecule has 10 aromatic rings. The highest BCUT2D eigenvalue weighted by Crippen LogP contribution is 2.39. The van der Waals surface area contributed by atoms with Gasteiger partial charge in [0.05, 0.1) is 52.4 Å². The Morgan fingerprint density at radius 1 is 0.189 bits per heavy atom. The topological polar surface area (TPSA) is 151 Å². The van der Waals surface area contributed by atoms with Crippen LogP contribution < -0.4 is 28.4 Å². The number of ether oxygens (including phenoxy) is 6. The van der Waals surface area contributed by atoms with Crippen LogP contribution in [0.25, 0.3) is 55.6 Å². The van der Waals surface area contributed by atoms with E-state index in [0.29, 0.717) is 68.5 Å². The van der Waals surface area contributed by atoms with Crippen LogP contribution in [0.5, 0.6) is 34.5 Å². The monoisotopic (exact) mass is 2090 g/mol. The van der Waals surface area contributed by atoms with Crippen LogP contribution in [0.4, 0.5) is 0 Å². The molecule has 694 valence electrons. The van der Waals surface area contributed by atoms with Gasteiger partial charge >= 0.3 is 0 Å². The van der Waals surface area contributed by atoms with Crippen molar-refractivity contribution < 1.29 is 28.4 Å². The van der Waals surface area contributed by atoms with Gasteiger partial charge in [0.15, 0.2) is 0 Å². The Hall–Kier alpha value is -20.0. The largest absolute Gasteiger partial charge is 0.407 e. The quantitative estimate of drug-likeness (QED) is 0.0502. The maximum absolute atomic E-state index is 9.41. The minimum absolute atomic E-state index is 0.202. The third-order valence-corrected chi connectivity index (χ3v) is 20.8. The highest BCUT2D eigenvalue weighted by atomic mass is 35.5. The smallest absolute Gasteiger partial charge is 0.145 e. The first-order valence-corrected chi connectivity index (χ1v) is 46.8. The van der Waals surface area contributed by atoms with Gasteiger partial charge in [-0.25, -0.2) is 0 Å². The lowest BCUT2D eigenvalue weighted by atomic mass is 9.94. The van der Waals surface area contributed by atoms with Crippen molar-refractivity contribution in [2.24, 2.45) is 0 Å².